The number of rotatable bonds is 9. The van der Waals surface area contributed by atoms with Crippen molar-refractivity contribution < 1.29 is 13.9 Å². The predicted octanol–water partition coefficient (Wildman–Crippen LogP) is 3.81. The summed E-state index contributed by atoms with van der Waals surface area (Å²) in [5, 5.41) is 11.8. The fourth-order valence-electron chi connectivity index (χ4n) is 2.26. The summed E-state index contributed by atoms with van der Waals surface area (Å²) in [7, 11) is 1.59. The summed E-state index contributed by atoms with van der Waals surface area (Å²) in [5.74, 6) is 1.10. The van der Waals surface area contributed by atoms with Gasteiger partial charge in [-0.1, -0.05) is 24.3 Å². The second kappa shape index (κ2) is 9.53. The van der Waals surface area contributed by atoms with Crippen molar-refractivity contribution in [3.63, 3.8) is 0 Å². The molecule has 5 heteroatoms. The van der Waals surface area contributed by atoms with Crippen molar-refractivity contribution in [2.75, 3.05) is 13.7 Å². The van der Waals surface area contributed by atoms with Crippen LogP contribution in [0.4, 0.5) is 4.39 Å². The molecule has 24 heavy (non-hydrogen) atoms. The van der Waals surface area contributed by atoms with E-state index in [1.807, 2.05) is 24.3 Å². The average Bonchev–Trinajstić information content (AvgIpc) is 2.60. The van der Waals surface area contributed by atoms with Crippen LogP contribution in [0.1, 0.15) is 24.0 Å². The molecule has 2 rings (SSSR count). The van der Waals surface area contributed by atoms with Gasteiger partial charge in [-0.2, -0.15) is 5.26 Å². The Bertz CT molecular complexity index is 698. The fraction of sp³-hybridized carbons (Fsp3) is 0.316. The fourth-order valence-corrected chi connectivity index (χ4v) is 2.26. The van der Waals surface area contributed by atoms with Crippen LogP contribution in [0.15, 0.2) is 42.5 Å². The molecule has 2 aromatic carbocycles. The van der Waals surface area contributed by atoms with Crippen LogP contribution >= 0.6 is 0 Å². The smallest absolute Gasteiger partial charge is 0.161 e. The van der Waals surface area contributed by atoms with E-state index < -0.39 is 0 Å². The molecule has 2 aromatic rings. The van der Waals surface area contributed by atoms with Gasteiger partial charge >= 0.3 is 0 Å². The topological polar surface area (TPSA) is 54.3 Å². The van der Waals surface area contributed by atoms with E-state index in [0.29, 0.717) is 49.6 Å². The highest BCUT2D eigenvalue weighted by Gasteiger charge is 2.06. The number of hydrogen-bond acceptors (Lipinski definition) is 4. The zero-order valence-corrected chi connectivity index (χ0v) is 13.7. The van der Waals surface area contributed by atoms with Gasteiger partial charge in [0.2, 0.25) is 0 Å². The van der Waals surface area contributed by atoms with Gasteiger partial charge in [-0.25, -0.2) is 4.39 Å². The Morgan fingerprint density at radius 2 is 1.96 bits per heavy atom. The minimum atomic E-state index is -0.207. The summed E-state index contributed by atoms with van der Waals surface area (Å²) in [6.45, 7) is 1.51. The maximum atomic E-state index is 13.6. The maximum absolute atomic E-state index is 13.6. The van der Waals surface area contributed by atoms with Gasteiger partial charge in [0.25, 0.3) is 0 Å². The van der Waals surface area contributed by atoms with E-state index in [0.717, 1.165) is 5.56 Å². The molecule has 0 spiro atoms. The quantitative estimate of drug-likeness (QED) is 0.711. The number of methoxy groups -OCH3 is 1. The molecule has 0 aliphatic heterocycles. The Labute approximate surface area is 141 Å². The Morgan fingerprint density at radius 1 is 1.12 bits per heavy atom. The standard InChI is InChI=1S/C19H21FN2O2/c1-23-18-9-8-15(12-19(18)24-11-5-4-10-21)13-22-14-16-6-2-3-7-17(16)20/h2-3,6-9,12,22H,4-5,11,13-14H2,1H3. The molecule has 0 heterocycles. The monoisotopic (exact) mass is 328 g/mol. The summed E-state index contributed by atoms with van der Waals surface area (Å²) in [4.78, 5) is 0. The molecule has 126 valence electrons. The van der Waals surface area contributed by atoms with Crippen LogP contribution in [-0.2, 0) is 13.1 Å². The first-order valence-electron chi connectivity index (χ1n) is 7.85. The van der Waals surface area contributed by atoms with Gasteiger partial charge < -0.3 is 14.8 Å². The predicted molar refractivity (Wildman–Crippen MR) is 90.3 cm³/mol. The third-order valence-corrected chi connectivity index (χ3v) is 3.52. The van der Waals surface area contributed by atoms with E-state index >= 15 is 0 Å². The molecule has 0 amide bonds. The summed E-state index contributed by atoms with van der Waals surface area (Å²) >= 11 is 0. The van der Waals surface area contributed by atoms with Crippen molar-refractivity contribution >= 4 is 0 Å². The van der Waals surface area contributed by atoms with E-state index in [1.165, 1.54) is 6.07 Å². The van der Waals surface area contributed by atoms with Gasteiger partial charge in [0, 0.05) is 25.1 Å². The lowest BCUT2D eigenvalue weighted by atomic mass is 10.1. The van der Waals surface area contributed by atoms with E-state index in [2.05, 4.69) is 11.4 Å². The van der Waals surface area contributed by atoms with Crippen LogP contribution in [0.5, 0.6) is 11.5 Å². The largest absolute Gasteiger partial charge is 0.493 e. The molecular formula is C19H21FN2O2. The lowest BCUT2D eigenvalue weighted by Crippen LogP contribution is -2.13. The molecule has 0 aliphatic carbocycles. The second-order valence-corrected chi connectivity index (χ2v) is 5.29. The minimum Gasteiger partial charge on any atom is -0.493 e. The molecule has 1 N–H and O–H groups in total. The number of nitriles is 1. The van der Waals surface area contributed by atoms with Crippen molar-refractivity contribution in [2.45, 2.75) is 25.9 Å². The lowest BCUT2D eigenvalue weighted by molar-refractivity contribution is 0.290. The summed E-state index contributed by atoms with van der Waals surface area (Å²) < 4.78 is 24.6. The Balaban J connectivity index is 1.92. The highest BCUT2D eigenvalue weighted by Crippen LogP contribution is 2.28. The van der Waals surface area contributed by atoms with Gasteiger partial charge in [0.05, 0.1) is 19.8 Å². The number of nitrogens with zero attached hydrogens (tertiary/aromatic N) is 1. The van der Waals surface area contributed by atoms with Gasteiger partial charge in [-0.15, -0.1) is 0 Å². The summed E-state index contributed by atoms with van der Waals surface area (Å²) in [6, 6.07) is 14.5. The molecular weight excluding hydrogens is 307 g/mol. The minimum absolute atomic E-state index is 0.207. The summed E-state index contributed by atoms with van der Waals surface area (Å²) in [5.41, 5.74) is 1.65. The third kappa shape index (κ3) is 5.25. The van der Waals surface area contributed by atoms with Crippen molar-refractivity contribution in [2.24, 2.45) is 0 Å². The first-order chi connectivity index (χ1) is 11.7. The van der Waals surface area contributed by atoms with E-state index in [-0.39, 0.29) is 5.82 Å². The molecule has 0 bridgehead atoms. The Kier molecular flexibility index (Phi) is 7.06. The number of halogens is 1. The number of nitrogens with one attached hydrogen (secondary N) is 1. The van der Waals surface area contributed by atoms with E-state index in [9.17, 15) is 4.39 Å². The molecule has 0 atom stereocenters. The van der Waals surface area contributed by atoms with Crippen LogP contribution < -0.4 is 14.8 Å². The van der Waals surface area contributed by atoms with Crippen molar-refractivity contribution in [1.82, 2.24) is 5.32 Å². The number of unbranched alkanes of at least 4 members (excludes halogenated alkanes) is 1. The number of benzene rings is 2. The molecule has 0 aliphatic rings. The van der Waals surface area contributed by atoms with Gasteiger partial charge in [0.15, 0.2) is 11.5 Å². The third-order valence-electron chi connectivity index (χ3n) is 3.52. The molecule has 0 radical (unpaired) electrons. The van der Waals surface area contributed by atoms with Crippen LogP contribution in [0.25, 0.3) is 0 Å². The number of ether oxygens (including phenoxy) is 2. The first kappa shape index (κ1) is 17.8. The van der Waals surface area contributed by atoms with Crippen LogP contribution in [0, 0.1) is 17.1 Å². The number of hydrogen-bond donors (Lipinski definition) is 1. The normalized spacial score (nSPS) is 10.2. The van der Waals surface area contributed by atoms with E-state index in [4.69, 9.17) is 14.7 Å². The van der Waals surface area contributed by atoms with Crippen molar-refractivity contribution in [1.29, 1.82) is 5.26 Å². The van der Waals surface area contributed by atoms with Crippen LogP contribution in [-0.4, -0.2) is 13.7 Å². The SMILES string of the molecule is COc1ccc(CNCc2ccccc2F)cc1OCCCC#N. The van der Waals surface area contributed by atoms with Crippen LogP contribution in [0.2, 0.25) is 0 Å². The molecule has 0 unspecified atom stereocenters. The highest BCUT2D eigenvalue weighted by atomic mass is 19.1. The zero-order valence-electron chi connectivity index (χ0n) is 13.7. The molecule has 0 saturated heterocycles. The Hall–Kier alpha value is -2.58. The van der Waals surface area contributed by atoms with Crippen molar-refractivity contribution in [3.8, 4) is 17.6 Å². The maximum Gasteiger partial charge on any atom is 0.161 e. The second-order valence-electron chi connectivity index (χ2n) is 5.29. The molecule has 0 saturated carbocycles. The van der Waals surface area contributed by atoms with E-state index in [1.54, 1.807) is 19.2 Å². The van der Waals surface area contributed by atoms with Gasteiger partial charge in [0.1, 0.15) is 5.82 Å². The molecule has 4 nitrogen and oxygen atoms in total. The van der Waals surface area contributed by atoms with Crippen molar-refractivity contribution in [3.05, 3.63) is 59.4 Å². The average molecular weight is 328 g/mol. The zero-order chi connectivity index (χ0) is 17.2. The summed E-state index contributed by atoms with van der Waals surface area (Å²) in [6.07, 6.45) is 1.14. The Morgan fingerprint density at radius 3 is 2.71 bits per heavy atom. The first-order valence-corrected chi connectivity index (χ1v) is 7.85. The lowest BCUT2D eigenvalue weighted by Gasteiger charge is -2.12. The molecule has 0 fully saturated rings. The molecule has 0 aromatic heterocycles. The highest BCUT2D eigenvalue weighted by molar-refractivity contribution is 5.43. The van der Waals surface area contributed by atoms with Crippen LogP contribution in [0.3, 0.4) is 0 Å². The van der Waals surface area contributed by atoms with Gasteiger partial charge in [-0.3, -0.25) is 0 Å². The van der Waals surface area contributed by atoms with Gasteiger partial charge in [-0.05, 0) is 30.2 Å².